The average molecular weight is 310 g/mol. The van der Waals surface area contributed by atoms with E-state index in [4.69, 9.17) is 10.5 Å². The topological polar surface area (TPSA) is 88.8 Å². The molecule has 0 aliphatic carbocycles. The van der Waals surface area contributed by atoms with E-state index in [1.54, 1.807) is 20.7 Å². The van der Waals surface area contributed by atoms with Crippen LogP contribution in [0.15, 0.2) is 10.9 Å². The van der Waals surface area contributed by atoms with Crippen LogP contribution in [-0.2, 0) is 4.74 Å². The first-order chi connectivity index (χ1) is 10.1. The normalized spacial score (nSPS) is 21.5. The van der Waals surface area contributed by atoms with Crippen molar-refractivity contribution in [3.63, 3.8) is 0 Å². The van der Waals surface area contributed by atoms with Crippen LogP contribution in [0.25, 0.3) is 0 Å². The number of piperidine rings is 1. The highest BCUT2D eigenvalue weighted by Gasteiger charge is 2.41. The summed E-state index contributed by atoms with van der Waals surface area (Å²) in [6.45, 7) is 2.81. The number of nitrogens with zero attached hydrogens (tertiary/aromatic N) is 3. The molecule has 1 spiro atoms. The molecule has 1 aromatic heterocycles. The van der Waals surface area contributed by atoms with E-state index in [-0.39, 0.29) is 11.5 Å². The number of hydrogen-bond donors (Lipinski definition) is 1. The van der Waals surface area contributed by atoms with E-state index in [1.165, 1.54) is 11.3 Å². The molecule has 2 saturated heterocycles. The second kappa shape index (κ2) is 5.61. The van der Waals surface area contributed by atoms with Gasteiger partial charge >= 0.3 is 6.03 Å². The molecule has 0 bridgehead atoms. The minimum Gasteiger partial charge on any atom is -0.371 e. The maximum atomic E-state index is 12.4. The molecule has 3 heterocycles. The standard InChI is InChI=1S/C13H18N4O3S/c14-12(19)16-3-1-13(2-4-16)8-17(5-6-20-13)11(18)10-7-21-9-15-10/h7,9H,1-6,8H2,(H2,14,19). The lowest BCUT2D eigenvalue weighted by atomic mass is 9.89. The van der Waals surface area contributed by atoms with Crippen molar-refractivity contribution in [3.8, 4) is 0 Å². The molecule has 0 saturated carbocycles. The van der Waals surface area contributed by atoms with Gasteiger partial charge in [-0.3, -0.25) is 4.79 Å². The molecule has 0 unspecified atom stereocenters. The molecule has 3 rings (SSSR count). The number of urea groups is 1. The summed E-state index contributed by atoms with van der Waals surface area (Å²) in [4.78, 5) is 31.1. The number of carbonyl (C=O) groups excluding carboxylic acids is 2. The van der Waals surface area contributed by atoms with E-state index in [2.05, 4.69) is 4.98 Å². The Morgan fingerprint density at radius 3 is 2.67 bits per heavy atom. The zero-order chi connectivity index (χ0) is 14.9. The van der Waals surface area contributed by atoms with Gasteiger partial charge in [0, 0.05) is 25.0 Å². The second-order valence-electron chi connectivity index (χ2n) is 5.46. The lowest BCUT2D eigenvalue weighted by molar-refractivity contribution is -0.123. The first kappa shape index (κ1) is 14.3. The number of amides is 3. The molecule has 8 heteroatoms. The summed E-state index contributed by atoms with van der Waals surface area (Å²) >= 11 is 1.41. The summed E-state index contributed by atoms with van der Waals surface area (Å²) in [7, 11) is 0. The molecule has 114 valence electrons. The quantitative estimate of drug-likeness (QED) is 0.819. The van der Waals surface area contributed by atoms with E-state index < -0.39 is 6.03 Å². The molecule has 2 aliphatic rings. The third kappa shape index (κ3) is 2.86. The van der Waals surface area contributed by atoms with Crippen LogP contribution in [0.5, 0.6) is 0 Å². The Kier molecular flexibility index (Phi) is 3.81. The molecule has 0 aromatic carbocycles. The molecule has 7 nitrogen and oxygen atoms in total. The van der Waals surface area contributed by atoms with Gasteiger partial charge in [0.2, 0.25) is 0 Å². The number of rotatable bonds is 1. The molecule has 2 aliphatic heterocycles. The SMILES string of the molecule is NC(=O)N1CCC2(CC1)CN(C(=O)c1cscn1)CCO2. The van der Waals surface area contributed by atoms with Crippen molar-refractivity contribution in [1.82, 2.24) is 14.8 Å². The summed E-state index contributed by atoms with van der Waals surface area (Å²) in [5, 5.41) is 1.76. The Morgan fingerprint density at radius 2 is 2.05 bits per heavy atom. The Labute approximate surface area is 126 Å². The summed E-state index contributed by atoms with van der Waals surface area (Å²) in [5.41, 5.74) is 7.10. The monoisotopic (exact) mass is 310 g/mol. The lowest BCUT2D eigenvalue weighted by Gasteiger charge is -2.46. The van der Waals surface area contributed by atoms with Gasteiger partial charge in [-0.1, -0.05) is 0 Å². The number of nitrogens with two attached hydrogens (primary N) is 1. The Morgan fingerprint density at radius 1 is 1.29 bits per heavy atom. The van der Waals surface area contributed by atoms with Crippen LogP contribution in [0.2, 0.25) is 0 Å². The van der Waals surface area contributed by atoms with Crippen LogP contribution in [0.4, 0.5) is 4.79 Å². The lowest BCUT2D eigenvalue weighted by Crippen LogP contribution is -2.59. The van der Waals surface area contributed by atoms with Crippen LogP contribution >= 0.6 is 11.3 Å². The van der Waals surface area contributed by atoms with Crippen molar-refractivity contribution >= 4 is 23.3 Å². The maximum Gasteiger partial charge on any atom is 0.314 e. The van der Waals surface area contributed by atoms with Crippen LogP contribution in [0.3, 0.4) is 0 Å². The Bertz CT molecular complexity index is 526. The van der Waals surface area contributed by atoms with Crippen LogP contribution in [0.1, 0.15) is 23.3 Å². The molecule has 21 heavy (non-hydrogen) atoms. The van der Waals surface area contributed by atoms with Gasteiger partial charge in [-0.05, 0) is 12.8 Å². The molecular weight excluding hydrogens is 292 g/mol. The average Bonchev–Trinajstić information content (AvgIpc) is 3.01. The second-order valence-corrected chi connectivity index (χ2v) is 6.18. The van der Waals surface area contributed by atoms with Crippen molar-refractivity contribution in [2.75, 3.05) is 32.8 Å². The number of ether oxygens (including phenoxy) is 1. The fourth-order valence-corrected chi connectivity index (χ4v) is 3.46. The van der Waals surface area contributed by atoms with Crippen molar-refractivity contribution in [2.24, 2.45) is 5.73 Å². The zero-order valence-corrected chi connectivity index (χ0v) is 12.5. The van der Waals surface area contributed by atoms with E-state index in [1.807, 2.05) is 0 Å². The highest BCUT2D eigenvalue weighted by molar-refractivity contribution is 7.07. The minimum absolute atomic E-state index is 0.0451. The van der Waals surface area contributed by atoms with Gasteiger partial charge < -0.3 is 20.3 Å². The van der Waals surface area contributed by atoms with Crippen molar-refractivity contribution in [1.29, 1.82) is 0 Å². The third-order valence-electron chi connectivity index (χ3n) is 4.17. The van der Waals surface area contributed by atoms with Crippen molar-refractivity contribution in [2.45, 2.75) is 18.4 Å². The number of likely N-dealkylation sites (tertiary alicyclic amines) is 1. The molecule has 2 N–H and O–H groups in total. The highest BCUT2D eigenvalue weighted by atomic mass is 32.1. The number of hydrogen-bond acceptors (Lipinski definition) is 5. The number of aromatic nitrogens is 1. The Hall–Kier alpha value is -1.67. The molecule has 2 fully saturated rings. The van der Waals surface area contributed by atoms with Gasteiger partial charge in [-0.25, -0.2) is 9.78 Å². The van der Waals surface area contributed by atoms with Crippen LogP contribution in [-0.4, -0.2) is 65.1 Å². The minimum atomic E-state index is -0.393. The van der Waals surface area contributed by atoms with Gasteiger partial charge in [0.15, 0.2) is 0 Å². The van der Waals surface area contributed by atoms with Gasteiger partial charge in [-0.2, -0.15) is 0 Å². The summed E-state index contributed by atoms with van der Waals surface area (Å²) in [5.74, 6) is -0.0451. The molecular formula is C13H18N4O3S. The predicted octanol–water partition coefficient (Wildman–Crippen LogP) is 0.529. The third-order valence-corrected chi connectivity index (χ3v) is 4.76. The van der Waals surface area contributed by atoms with Crippen molar-refractivity contribution < 1.29 is 14.3 Å². The van der Waals surface area contributed by atoms with Gasteiger partial charge in [0.05, 0.1) is 24.3 Å². The number of morpholine rings is 1. The number of thiazole rings is 1. The Balaban J connectivity index is 1.66. The smallest absolute Gasteiger partial charge is 0.314 e. The molecule has 3 amide bonds. The first-order valence-electron chi connectivity index (χ1n) is 6.95. The zero-order valence-electron chi connectivity index (χ0n) is 11.7. The maximum absolute atomic E-state index is 12.4. The van der Waals surface area contributed by atoms with E-state index >= 15 is 0 Å². The molecule has 0 atom stereocenters. The summed E-state index contributed by atoms with van der Waals surface area (Å²) in [6, 6.07) is -0.393. The van der Waals surface area contributed by atoms with Crippen LogP contribution < -0.4 is 5.73 Å². The predicted molar refractivity (Wildman–Crippen MR) is 77.1 cm³/mol. The van der Waals surface area contributed by atoms with Crippen LogP contribution in [0, 0.1) is 0 Å². The van der Waals surface area contributed by atoms with E-state index in [9.17, 15) is 9.59 Å². The summed E-state index contributed by atoms with van der Waals surface area (Å²) < 4.78 is 5.94. The molecule has 1 aromatic rings. The van der Waals surface area contributed by atoms with E-state index in [0.717, 1.165) is 0 Å². The molecule has 0 radical (unpaired) electrons. The summed E-state index contributed by atoms with van der Waals surface area (Å²) in [6.07, 6.45) is 1.41. The van der Waals surface area contributed by atoms with Crippen molar-refractivity contribution in [3.05, 3.63) is 16.6 Å². The number of primary amides is 1. The number of carbonyl (C=O) groups is 2. The largest absolute Gasteiger partial charge is 0.371 e. The van der Waals surface area contributed by atoms with E-state index in [0.29, 0.717) is 51.3 Å². The highest BCUT2D eigenvalue weighted by Crippen LogP contribution is 2.30. The fourth-order valence-electron chi connectivity index (χ4n) is 2.94. The fraction of sp³-hybridized carbons (Fsp3) is 0.615. The van der Waals surface area contributed by atoms with Gasteiger partial charge in [0.1, 0.15) is 5.69 Å². The van der Waals surface area contributed by atoms with Gasteiger partial charge in [-0.15, -0.1) is 11.3 Å². The van der Waals surface area contributed by atoms with Gasteiger partial charge in [0.25, 0.3) is 5.91 Å². The first-order valence-corrected chi connectivity index (χ1v) is 7.90.